The number of fused-ring (bicyclic) bond motifs is 1. The van der Waals surface area contributed by atoms with Gasteiger partial charge in [0.2, 0.25) is 5.91 Å². The molecule has 1 aromatic carbocycles. The molecule has 1 amide bonds. The van der Waals surface area contributed by atoms with E-state index in [2.05, 4.69) is 10.3 Å². The molecule has 0 saturated carbocycles. The van der Waals surface area contributed by atoms with Crippen molar-refractivity contribution in [1.82, 2.24) is 14.9 Å². The number of aromatic nitrogens is 2. The first-order valence-electron chi connectivity index (χ1n) is 6.64. The second kappa shape index (κ2) is 6.36. The number of rotatable bonds is 6. The number of carboxylic acids is 1. The molecule has 7 heteroatoms. The number of aliphatic carboxylic acids is 1. The Balaban J connectivity index is 1.91. The molecule has 0 aliphatic heterocycles. The number of nitrogens with two attached hydrogens (primary N) is 1. The minimum Gasteiger partial charge on any atom is -0.480 e. The Hall–Kier alpha value is -2.41. The van der Waals surface area contributed by atoms with Crippen LogP contribution in [0.25, 0.3) is 11.0 Å². The molecule has 0 spiro atoms. The normalized spacial score (nSPS) is 12.3. The predicted molar refractivity (Wildman–Crippen MR) is 77.4 cm³/mol. The molecule has 0 radical (unpaired) electrons. The van der Waals surface area contributed by atoms with Crippen LogP contribution in [0.3, 0.4) is 0 Å². The van der Waals surface area contributed by atoms with Gasteiger partial charge < -0.3 is 20.7 Å². The van der Waals surface area contributed by atoms with E-state index in [0.29, 0.717) is 6.54 Å². The van der Waals surface area contributed by atoms with E-state index in [0.717, 1.165) is 16.9 Å². The molecule has 1 unspecified atom stereocenters. The number of para-hydroxylation sites is 2. The lowest BCUT2D eigenvalue weighted by atomic mass is 10.1. The summed E-state index contributed by atoms with van der Waals surface area (Å²) in [6, 6.07) is 6.70. The monoisotopic (exact) mass is 290 g/mol. The van der Waals surface area contributed by atoms with E-state index in [4.69, 9.17) is 10.8 Å². The zero-order valence-electron chi connectivity index (χ0n) is 11.7. The molecule has 7 nitrogen and oxygen atoms in total. The molecule has 0 fully saturated rings. The standard InChI is InChI=1S/C14H18N4O3/c1-18-11-5-3-2-4-10(11)17-12(18)8-16-13(19)7-6-9(15)14(20)21/h2-5,9H,6-8,15H2,1H3,(H,16,19)(H,20,21). The molecule has 112 valence electrons. The van der Waals surface area contributed by atoms with Gasteiger partial charge in [-0.2, -0.15) is 0 Å². The van der Waals surface area contributed by atoms with Gasteiger partial charge >= 0.3 is 5.97 Å². The maximum Gasteiger partial charge on any atom is 0.320 e. The van der Waals surface area contributed by atoms with E-state index < -0.39 is 12.0 Å². The number of hydrogen-bond acceptors (Lipinski definition) is 4. The highest BCUT2D eigenvalue weighted by atomic mass is 16.4. The van der Waals surface area contributed by atoms with Crippen molar-refractivity contribution in [2.75, 3.05) is 0 Å². The average molecular weight is 290 g/mol. The molecular formula is C14H18N4O3. The van der Waals surface area contributed by atoms with Crippen LogP contribution in [0.5, 0.6) is 0 Å². The summed E-state index contributed by atoms with van der Waals surface area (Å²) in [5.41, 5.74) is 7.22. The van der Waals surface area contributed by atoms with Gasteiger partial charge in [0.15, 0.2) is 0 Å². The van der Waals surface area contributed by atoms with Gasteiger partial charge in [-0.25, -0.2) is 4.98 Å². The molecular weight excluding hydrogens is 272 g/mol. The summed E-state index contributed by atoms with van der Waals surface area (Å²) >= 11 is 0. The third-order valence-electron chi connectivity index (χ3n) is 3.32. The first-order valence-corrected chi connectivity index (χ1v) is 6.64. The summed E-state index contributed by atoms with van der Waals surface area (Å²) in [7, 11) is 1.89. The summed E-state index contributed by atoms with van der Waals surface area (Å²) in [5.74, 6) is -0.594. The van der Waals surface area contributed by atoms with Gasteiger partial charge in [-0.1, -0.05) is 12.1 Å². The van der Waals surface area contributed by atoms with Crippen LogP contribution in [-0.2, 0) is 23.2 Å². The van der Waals surface area contributed by atoms with Gasteiger partial charge in [-0.15, -0.1) is 0 Å². The molecule has 21 heavy (non-hydrogen) atoms. The number of carbonyl (C=O) groups is 2. The second-order valence-corrected chi connectivity index (χ2v) is 4.84. The highest BCUT2D eigenvalue weighted by molar-refractivity contribution is 5.79. The molecule has 2 aromatic rings. The number of carbonyl (C=O) groups excluding carboxylic acids is 1. The Kier molecular flexibility index (Phi) is 4.54. The van der Waals surface area contributed by atoms with Gasteiger partial charge in [0.1, 0.15) is 11.9 Å². The Morgan fingerprint density at radius 3 is 2.81 bits per heavy atom. The van der Waals surface area contributed by atoms with Crippen molar-refractivity contribution in [2.24, 2.45) is 12.8 Å². The Labute approximate surface area is 121 Å². The van der Waals surface area contributed by atoms with E-state index in [9.17, 15) is 9.59 Å². The van der Waals surface area contributed by atoms with Gasteiger partial charge in [0.25, 0.3) is 0 Å². The maximum atomic E-state index is 11.7. The fraction of sp³-hybridized carbons (Fsp3) is 0.357. The van der Waals surface area contributed by atoms with E-state index in [1.165, 1.54) is 0 Å². The summed E-state index contributed by atoms with van der Waals surface area (Å²) in [4.78, 5) is 26.7. The number of carboxylic acid groups (broad SMARTS) is 1. The van der Waals surface area contributed by atoms with Crippen LogP contribution in [0.4, 0.5) is 0 Å². The fourth-order valence-electron chi connectivity index (χ4n) is 2.03. The van der Waals surface area contributed by atoms with Crippen LogP contribution in [-0.4, -0.2) is 32.6 Å². The Bertz CT molecular complexity index is 665. The third-order valence-corrected chi connectivity index (χ3v) is 3.32. The van der Waals surface area contributed by atoms with Crippen LogP contribution in [0.1, 0.15) is 18.7 Å². The SMILES string of the molecule is Cn1c(CNC(=O)CCC(N)C(=O)O)nc2ccccc21. The maximum absolute atomic E-state index is 11.7. The molecule has 1 atom stereocenters. The summed E-state index contributed by atoms with van der Waals surface area (Å²) in [5, 5.41) is 11.4. The molecule has 0 aliphatic rings. The van der Waals surface area contributed by atoms with Crippen molar-refractivity contribution < 1.29 is 14.7 Å². The average Bonchev–Trinajstić information content (AvgIpc) is 2.79. The van der Waals surface area contributed by atoms with Crippen molar-refractivity contribution >= 4 is 22.9 Å². The first kappa shape index (κ1) is 15.0. The number of nitrogens with zero attached hydrogens (tertiary/aromatic N) is 2. The number of nitrogens with one attached hydrogen (secondary N) is 1. The highest BCUT2D eigenvalue weighted by Crippen LogP contribution is 2.13. The Morgan fingerprint density at radius 1 is 1.43 bits per heavy atom. The van der Waals surface area contributed by atoms with E-state index >= 15 is 0 Å². The molecule has 0 saturated heterocycles. The highest BCUT2D eigenvalue weighted by Gasteiger charge is 2.14. The second-order valence-electron chi connectivity index (χ2n) is 4.84. The summed E-state index contributed by atoms with van der Waals surface area (Å²) in [6.07, 6.45) is 0.196. The van der Waals surface area contributed by atoms with Crippen molar-refractivity contribution in [1.29, 1.82) is 0 Å². The molecule has 1 heterocycles. The van der Waals surface area contributed by atoms with Crippen LogP contribution >= 0.6 is 0 Å². The molecule has 4 N–H and O–H groups in total. The topological polar surface area (TPSA) is 110 Å². The van der Waals surface area contributed by atoms with Crippen molar-refractivity contribution in [3.8, 4) is 0 Å². The largest absolute Gasteiger partial charge is 0.480 e. The number of imidazole rings is 1. The molecule has 1 aromatic heterocycles. The van der Waals surface area contributed by atoms with Gasteiger partial charge in [-0.3, -0.25) is 9.59 Å². The number of amides is 1. The first-order chi connectivity index (χ1) is 9.99. The number of hydrogen-bond donors (Lipinski definition) is 3. The van der Waals surface area contributed by atoms with Gasteiger partial charge in [0, 0.05) is 13.5 Å². The van der Waals surface area contributed by atoms with Crippen LogP contribution in [0.2, 0.25) is 0 Å². The van der Waals surface area contributed by atoms with Crippen molar-refractivity contribution in [3.63, 3.8) is 0 Å². The fourth-order valence-corrected chi connectivity index (χ4v) is 2.03. The third kappa shape index (κ3) is 3.57. The van der Waals surface area contributed by atoms with Gasteiger partial charge in [0.05, 0.1) is 17.6 Å². The van der Waals surface area contributed by atoms with Crippen LogP contribution < -0.4 is 11.1 Å². The molecule has 0 bridgehead atoms. The minimum atomic E-state index is -1.10. The Morgan fingerprint density at radius 2 is 2.14 bits per heavy atom. The number of aryl methyl sites for hydroxylation is 1. The predicted octanol–water partition coefficient (Wildman–Crippen LogP) is 0.382. The lowest BCUT2D eigenvalue weighted by Gasteiger charge is -2.07. The lowest BCUT2D eigenvalue weighted by molar-refractivity contribution is -0.138. The number of benzene rings is 1. The zero-order valence-corrected chi connectivity index (χ0v) is 11.7. The van der Waals surface area contributed by atoms with Gasteiger partial charge in [-0.05, 0) is 18.6 Å². The van der Waals surface area contributed by atoms with E-state index in [-0.39, 0.29) is 18.7 Å². The van der Waals surface area contributed by atoms with Crippen LogP contribution in [0, 0.1) is 0 Å². The minimum absolute atomic E-state index is 0.0808. The van der Waals surface area contributed by atoms with Crippen molar-refractivity contribution in [3.05, 3.63) is 30.1 Å². The zero-order chi connectivity index (χ0) is 15.4. The summed E-state index contributed by atoms with van der Waals surface area (Å²) < 4.78 is 1.92. The summed E-state index contributed by atoms with van der Waals surface area (Å²) in [6.45, 7) is 0.298. The van der Waals surface area contributed by atoms with Crippen molar-refractivity contribution in [2.45, 2.75) is 25.4 Å². The van der Waals surface area contributed by atoms with E-state index in [1.807, 2.05) is 35.9 Å². The molecule has 2 rings (SSSR count). The quantitative estimate of drug-likeness (QED) is 0.712. The smallest absolute Gasteiger partial charge is 0.320 e. The van der Waals surface area contributed by atoms with Crippen LogP contribution in [0.15, 0.2) is 24.3 Å². The van der Waals surface area contributed by atoms with E-state index in [1.54, 1.807) is 0 Å². The molecule has 0 aliphatic carbocycles. The lowest BCUT2D eigenvalue weighted by Crippen LogP contribution is -2.32.